The van der Waals surface area contributed by atoms with E-state index in [9.17, 15) is 13.2 Å². The minimum atomic E-state index is -3.82. The Morgan fingerprint density at radius 1 is 1.63 bits per heavy atom. The number of hydrogen-bond acceptors (Lipinski definition) is 5. The molecule has 0 saturated heterocycles. The SMILES string of the molecule is CN(CC(=O)NC1CC1)S(=O)(=O)c1c(N)ncn1C. The van der Waals surface area contributed by atoms with Crippen LogP contribution in [-0.4, -0.2) is 47.8 Å². The molecule has 9 heteroatoms. The molecule has 106 valence electrons. The number of nitrogens with two attached hydrogens (primary N) is 1. The zero-order valence-electron chi connectivity index (χ0n) is 10.8. The van der Waals surface area contributed by atoms with Crippen LogP contribution in [0.4, 0.5) is 5.82 Å². The van der Waals surface area contributed by atoms with Gasteiger partial charge >= 0.3 is 0 Å². The molecule has 0 unspecified atom stereocenters. The second-order valence-corrected chi connectivity index (χ2v) is 6.61. The number of sulfonamides is 1. The average Bonchev–Trinajstić information content (AvgIpc) is 3.03. The number of nitrogens with zero attached hydrogens (tertiary/aromatic N) is 3. The van der Waals surface area contributed by atoms with E-state index in [4.69, 9.17) is 5.73 Å². The zero-order chi connectivity index (χ0) is 14.2. The largest absolute Gasteiger partial charge is 0.381 e. The predicted molar refractivity (Wildman–Crippen MR) is 68.6 cm³/mol. The normalized spacial score (nSPS) is 15.7. The molecule has 19 heavy (non-hydrogen) atoms. The van der Waals surface area contributed by atoms with Gasteiger partial charge in [0.05, 0.1) is 12.9 Å². The summed E-state index contributed by atoms with van der Waals surface area (Å²) in [4.78, 5) is 15.4. The Morgan fingerprint density at radius 3 is 2.74 bits per heavy atom. The van der Waals surface area contributed by atoms with Gasteiger partial charge in [0, 0.05) is 20.1 Å². The first kappa shape index (κ1) is 13.8. The first-order valence-corrected chi connectivity index (χ1v) is 7.29. The van der Waals surface area contributed by atoms with E-state index in [2.05, 4.69) is 10.3 Å². The number of amides is 1. The van der Waals surface area contributed by atoms with Crippen molar-refractivity contribution in [3.8, 4) is 0 Å². The van der Waals surface area contributed by atoms with Crippen LogP contribution in [0.3, 0.4) is 0 Å². The highest BCUT2D eigenvalue weighted by molar-refractivity contribution is 7.89. The molecule has 1 aromatic heterocycles. The lowest BCUT2D eigenvalue weighted by Crippen LogP contribution is -2.39. The maximum atomic E-state index is 12.3. The second kappa shape index (κ2) is 4.82. The van der Waals surface area contributed by atoms with Crippen LogP contribution >= 0.6 is 0 Å². The lowest BCUT2D eigenvalue weighted by atomic mass is 10.5. The van der Waals surface area contributed by atoms with Crippen molar-refractivity contribution in [1.29, 1.82) is 0 Å². The number of anilines is 1. The number of carbonyl (C=O) groups is 1. The number of likely N-dealkylation sites (N-methyl/N-ethyl adjacent to an activating group) is 1. The molecule has 1 aliphatic carbocycles. The van der Waals surface area contributed by atoms with Crippen molar-refractivity contribution in [2.75, 3.05) is 19.3 Å². The summed E-state index contributed by atoms with van der Waals surface area (Å²) < 4.78 is 26.8. The van der Waals surface area contributed by atoms with E-state index in [1.807, 2.05) is 0 Å². The molecule has 0 aliphatic heterocycles. The van der Waals surface area contributed by atoms with Gasteiger partial charge in [-0.05, 0) is 12.8 Å². The molecule has 1 aromatic rings. The summed E-state index contributed by atoms with van der Waals surface area (Å²) in [5.41, 5.74) is 5.55. The van der Waals surface area contributed by atoms with Crippen LogP contribution in [0.25, 0.3) is 0 Å². The van der Waals surface area contributed by atoms with Crippen molar-refractivity contribution < 1.29 is 13.2 Å². The number of imidazole rings is 1. The smallest absolute Gasteiger partial charge is 0.262 e. The monoisotopic (exact) mass is 287 g/mol. The van der Waals surface area contributed by atoms with E-state index in [0.717, 1.165) is 17.1 Å². The highest BCUT2D eigenvalue weighted by atomic mass is 32.2. The highest BCUT2D eigenvalue weighted by Gasteiger charge is 2.30. The summed E-state index contributed by atoms with van der Waals surface area (Å²) in [6.07, 6.45) is 3.23. The quantitative estimate of drug-likeness (QED) is 0.714. The molecular weight excluding hydrogens is 270 g/mol. The van der Waals surface area contributed by atoms with Crippen molar-refractivity contribution in [2.45, 2.75) is 23.9 Å². The van der Waals surface area contributed by atoms with Gasteiger partial charge in [-0.1, -0.05) is 0 Å². The Hall–Kier alpha value is -1.61. The van der Waals surface area contributed by atoms with E-state index in [-0.39, 0.29) is 29.3 Å². The Balaban J connectivity index is 2.12. The summed E-state index contributed by atoms with van der Waals surface area (Å²) in [6, 6.07) is 0.199. The van der Waals surface area contributed by atoms with Crippen LogP contribution in [-0.2, 0) is 21.9 Å². The van der Waals surface area contributed by atoms with Crippen LogP contribution in [0.5, 0.6) is 0 Å². The van der Waals surface area contributed by atoms with Gasteiger partial charge in [0.25, 0.3) is 10.0 Å². The molecule has 1 saturated carbocycles. The fraction of sp³-hybridized carbons (Fsp3) is 0.600. The zero-order valence-corrected chi connectivity index (χ0v) is 11.6. The number of aromatic nitrogens is 2. The third kappa shape index (κ3) is 2.87. The molecule has 8 nitrogen and oxygen atoms in total. The molecule has 0 atom stereocenters. The molecule has 1 heterocycles. The van der Waals surface area contributed by atoms with Crippen LogP contribution in [0.15, 0.2) is 11.4 Å². The minimum absolute atomic E-state index is 0.0723. The van der Waals surface area contributed by atoms with Gasteiger partial charge in [0.2, 0.25) is 5.91 Å². The summed E-state index contributed by atoms with van der Waals surface area (Å²) in [5.74, 6) is -0.383. The van der Waals surface area contributed by atoms with Crippen molar-refractivity contribution >= 4 is 21.7 Å². The Bertz CT molecular complexity index is 571. The van der Waals surface area contributed by atoms with E-state index < -0.39 is 10.0 Å². The molecule has 2 rings (SSSR count). The first-order chi connectivity index (χ1) is 8.82. The molecule has 1 aliphatic rings. The first-order valence-electron chi connectivity index (χ1n) is 5.85. The molecule has 3 N–H and O–H groups in total. The summed E-state index contributed by atoms with van der Waals surface area (Å²) in [5, 5.41) is 2.63. The van der Waals surface area contributed by atoms with Gasteiger partial charge in [-0.3, -0.25) is 4.79 Å². The lowest BCUT2D eigenvalue weighted by Gasteiger charge is -2.17. The third-order valence-electron chi connectivity index (χ3n) is 2.87. The Morgan fingerprint density at radius 2 is 2.26 bits per heavy atom. The number of nitrogens with one attached hydrogen (secondary N) is 1. The Kier molecular flexibility index (Phi) is 3.50. The average molecular weight is 287 g/mol. The number of aryl methyl sites for hydroxylation is 1. The van der Waals surface area contributed by atoms with E-state index in [1.165, 1.54) is 25.0 Å². The van der Waals surface area contributed by atoms with Crippen LogP contribution in [0.1, 0.15) is 12.8 Å². The standard InChI is InChI=1S/C10H17N5O3S/c1-14-6-12-9(11)10(14)19(17,18)15(2)5-8(16)13-7-3-4-7/h6-7H,3-5,11H2,1-2H3,(H,13,16). The summed E-state index contributed by atoms with van der Waals surface area (Å²) in [7, 11) is -0.942. The van der Waals surface area contributed by atoms with Crippen molar-refractivity contribution in [2.24, 2.45) is 7.05 Å². The van der Waals surface area contributed by atoms with E-state index in [0.29, 0.717) is 0 Å². The number of carbonyl (C=O) groups excluding carboxylic acids is 1. The van der Waals surface area contributed by atoms with Crippen molar-refractivity contribution in [3.05, 3.63) is 6.33 Å². The van der Waals surface area contributed by atoms with Crippen molar-refractivity contribution in [3.63, 3.8) is 0 Å². The summed E-state index contributed by atoms with van der Waals surface area (Å²) >= 11 is 0. The minimum Gasteiger partial charge on any atom is -0.381 e. The third-order valence-corrected chi connectivity index (χ3v) is 4.81. The number of rotatable bonds is 5. The lowest BCUT2D eigenvalue weighted by molar-refractivity contribution is -0.121. The maximum absolute atomic E-state index is 12.3. The van der Waals surface area contributed by atoms with Gasteiger partial charge in [-0.25, -0.2) is 13.4 Å². The van der Waals surface area contributed by atoms with Crippen LogP contribution in [0, 0.1) is 0 Å². The van der Waals surface area contributed by atoms with Gasteiger partial charge in [-0.15, -0.1) is 0 Å². The molecule has 0 aromatic carbocycles. The highest BCUT2D eigenvalue weighted by Crippen LogP contribution is 2.20. The predicted octanol–water partition coefficient (Wildman–Crippen LogP) is -1.10. The molecular formula is C10H17N5O3S. The van der Waals surface area contributed by atoms with Crippen molar-refractivity contribution in [1.82, 2.24) is 19.2 Å². The van der Waals surface area contributed by atoms with Crippen LogP contribution in [0.2, 0.25) is 0 Å². The maximum Gasteiger partial charge on any atom is 0.262 e. The van der Waals surface area contributed by atoms with E-state index >= 15 is 0 Å². The molecule has 0 radical (unpaired) electrons. The van der Waals surface area contributed by atoms with Gasteiger partial charge in [0.1, 0.15) is 0 Å². The van der Waals surface area contributed by atoms with Gasteiger partial charge in [-0.2, -0.15) is 4.31 Å². The second-order valence-electron chi connectivity index (χ2n) is 4.65. The Labute approximate surface area is 111 Å². The fourth-order valence-corrected chi connectivity index (χ4v) is 3.00. The van der Waals surface area contributed by atoms with Gasteiger partial charge < -0.3 is 15.6 Å². The van der Waals surface area contributed by atoms with Gasteiger partial charge in [0.15, 0.2) is 10.8 Å². The van der Waals surface area contributed by atoms with E-state index in [1.54, 1.807) is 0 Å². The molecule has 0 bridgehead atoms. The molecule has 1 fully saturated rings. The molecule has 0 spiro atoms. The number of hydrogen-bond donors (Lipinski definition) is 2. The fourth-order valence-electron chi connectivity index (χ4n) is 1.69. The number of nitrogen functional groups attached to an aromatic ring is 1. The summed E-state index contributed by atoms with van der Waals surface area (Å²) in [6.45, 7) is -0.233. The topological polar surface area (TPSA) is 110 Å². The van der Waals surface area contributed by atoms with Crippen LogP contribution < -0.4 is 11.1 Å². The molecule has 1 amide bonds.